The van der Waals surface area contributed by atoms with E-state index in [1.165, 1.54) is 17.8 Å². The average Bonchev–Trinajstić information content (AvgIpc) is 2.95. The predicted molar refractivity (Wildman–Crippen MR) is 109 cm³/mol. The van der Waals surface area contributed by atoms with E-state index in [1.807, 2.05) is 28.9 Å². The number of alkyl halides is 3. The SMILES string of the molecule is CC(Sc1ccc(Cl)cc1)C(=O)N1CCCN(c2ccc(C(F)(F)F)cn2)CC1. The molecule has 0 aliphatic carbocycles. The van der Waals surface area contributed by atoms with Crippen molar-refractivity contribution in [3.63, 3.8) is 0 Å². The highest BCUT2D eigenvalue weighted by atomic mass is 35.5. The largest absolute Gasteiger partial charge is 0.417 e. The van der Waals surface area contributed by atoms with E-state index < -0.39 is 11.7 Å². The molecule has 29 heavy (non-hydrogen) atoms. The number of anilines is 1. The van der Waals surface area contributed by atoms with Crippen molar-refractivity contribution < 1.29 is 18.0 Å². The first-order chi connectivity index (χ1) is 13.7. The van der Waals surface area contributed by atoms with Gasteiger partial charge in [-0.25, -0.2) is 4.98 Å². The van der Waals surface area contributed by atoms with Crippen LogP contribution in [-0.4, -0.2) is 47.2 Å². The van der Waals surface area contributed by atoms with Crippen LogP contribution in [0.4, 0.5) is 19.0 Å². The van der Waals surface area contributed by atoms with Gasteiger partial charge in [-0.05, 0) is 49.7 Å². The van der Waals surface area contributed by atoms with Gasteiger partial charge in [0.1, 0.15) is 5.82 Å². The van der Waals surface area contributed by atoms with Gasteiger partial charge >= 0.3 is 6.18 Å². The molecule has 4 nitrogen and oxygen atoms in total. The summed E-state index contributed by atoms with van der Waals surface area (Å²) in [5.41, 5.74) is -0.763. The van der Waals surface area contributed by atoms with Gasteiger partial charge in [0.2, 0.25) is 5.91 Å². The molecule has 1 unspecified atom stereocenters. The fourth-order valence-corrected chi connectivity index (χ4v) is 4.21. The Bertz CT molecular complexity index is 830. The van der Waals surface area contributed by atoms with E-state index in [-0.39, 0.29) is 11.2 Å². The summed E-state index contributed by atoms with van der Waals surface area (Å²) in [6.07, 6.45) is -2.81. The molecule has 2 heterocycles. The summed E-state index contributed by atoms with van der Waals surface area (Å²) >= 11 is 7.38. The fourth-order valence-electron chi connectivity index (χ4n) is 3.13. The lowest BCUT2D eigenvalue weighted by Gasteiger charge is -2.25. The second kappa shape index (κ2) is 9.26. The Hall–Kier alpha value is -1.93. The number of rotatable bonds is 4. The van der Waals surface area contributed by atoms with Crippen molar-refractivity contribution in [3.8, 4) is 0 Å². The summed E-state index contributed by atoms with van der Waals surface area (Å²) in [5.74, 6) is 0.545. The first-order valence-electron chi connectivity index (χ1n) is 9.23. The molecule has 0 saturated carbocycles. The summed E-state index contributed by atoms with van der Waals surface area (Å²) in [6, 6.07) is 9.79. The number of carbonyl (C=O) groups excluding carboxylic acids is 1. The van der Waals surface area contributed by atoms with Crippen LogP contribution < -0.4 is 4.90 Å². The van der Waals surface area contributed by atoms with Crippen molar-refractivity contribution in [2.24, 2.45) is 0 Å². The Morgan fingerprint density at radius 2 is 1.83 bits per heavy atom. The van der Waals surface area contributed by atoms with Gasteiger partial charge in [-0.2, -0.15) is 13.2 Å². The molecule has 1 fully saturated rings. The first-order valence-corrected chi connectivity index (χ1v) is 10.5. The third-order valence-electron chi connectivity index (χ3n) is 4.68. The van der Waals surface area contributed by atoms with Gasteiger partial charge in [0.15, 0.2) is 0 Å². The average molecular weight is 444 g/mol. The fraction of sp³-hybridized carbons (Fsp3) is 0.400. The molecule has 0 bridgehead atoms. The van der Waals surface area contributed by atoms with E-state index in [0.29, 0.717) is 37.0 Å². The molecule has 0 N–H and O–H groups in total. The number of carbonyl (C=O) groups is 1. The Labute approximate surface area is 177 Å². The molecule has 3 rings (SSSR count). The van der Waals surface area contributed by atoms with E-state index in [1.54, 1.807) is 12.1 Å². The highest BCUT2D eigenvalue weighted by Crippen LogP contribution is 2.30. The number of amides is 1. The van der Waals surface area contributed by atoms with E-state index >= 15 is 0 Å². The van der Waals surface area contributed by atoms with Crippen LogP contribution in [0.15, 0.2) is 47.5 Å². The molecule has 1 aliphatic heterocycles. The maximum absolute atomic E-state index is 12.8. The monoisotopic (exact) mass is 443 g/mol. The lowest BCUT2D eigenvalue weighted by Crippen LogP contribution is -2.39. The molecule has 0 radical (unpaired) electrons. The molecular weight excluding hydrogens is 423 g/mol. The van der Waals surface area contributed by atoms with Crippen LogP contribution >= 0.6 is 23.4 Å². The highest BCUT2D eigenvalue weighted by Gasteiger charge is 2.31. The maximum atomic E-state index is 12.8. The highest BCUT2D eigenvalue weighted by molar-refractivity contribution is 8.00. The minimum Gasteiger partial charge on any atom is -0.355 e. The van der Waals surface area contributed by atoms with Crippen LogP contribution in [0.25, 0.3) is 0 Å². The number of hydrogen-bond donors (Lipinski definition) is 0. The van der Waals surface area contributed by atoms with Crippen molar-refractivity contribution in [2.75, 3.05) is 31.1 Å². The zero-order valence-electron chi connectivity index (χ0n) is 15.8. The molecule has 1 saturated heterocycles. The van der Waals surface area contributed by atoms with Crippen LogP contribution in [0.5, 0.6) is 0 Å². The summed E-state index contributed by atoms with van der Waals surface area (Å²) in [4.78, 5) is 21.5. The second-order valence-corrected chi connectivity index (χ2v) is 8.63. The maximum Gasteiger partial charge on any atom is 0.417 e. The standard InChI is InChI=1S/C20H21ClF3N3OS/c1-14(29-17-6-4-16(21)5-7-17)19(28)27-10-2-9-26(11-12-27)18-8-3-15(13-25-18)20(22,23)24/h3-8,13-14H,2,9-12H2,1H3. The Balaban J connectivity index is 1.58. The van der Waals surface area contributed by atoms with Gasteiger partial charge in [0, 0.05) is 42.3 Å². The van der Waals surface area contributed by atoms with Crippen molar-refractivity contribution in [1.82, 2.24) is 9.88 Å². The summed E-state index contributed by atoms with van der Waals surface area (Å²) in [5, 5.41) is 0.407. The summed E-state index contributed by atoms with van der Waals surface area (Å²) in [7, 11) is 0. The summed E-state index contributed by atoms with van der Waals surface area (Å²) < 4.78 is 38.1. The predicted octanol–water partition coefficient (Wildman–Crippen LogP) is 4.97. The topological polar surface area (TPSA) is 36.4 Å². The van der Waals surface area contributed by atoms with Gasteiger partial charge in [0.05, 0.1) is 10.8 Å². The van der Waals surface area contributed by atoms with Gasteiger partial charge in [0.25, 0.3) is 0 Å². The van der Waals surface area contributed by atoms with Crippen LogP contribution in [0.2, 0.25) is 5.02 Å². The number of hydrogen-bond acceptors (Lipinski definition) is 4. The lowest BCUT2D eigenvalue weighted by molar-refractivity contribution is -0.137. The molecule has 0 spiro atoms. The molecule has 1 atom stereocenters. The number of aromatic nitrogens is 1. The third kappa shape index (κ3) is 5.79. The van der Waals surface area contributed by atoms with Crippen molar-refractivity contribution in [1.29, 1.82) is 0 Å². The number of halogens is 4. The van der Waals surface area contributed by atoms with Crippen molar-refractivity contribution >= 4 is 35.1 Å². The third-order valence-corrected chi connectivity index (χ3v) is 6.03. The van der Waals surface area contributed by atoms with E-state index in [0.717, 1.165) is 23.6 Å². The van der Waals surface area contributed by atoms with E-state index in [9.17, 15) is 18.0 Å². The molecular formula is C20H21ClF3N3OS. The minimum atomic E-state index is -4.40. The molecule has 1 aliphatic rings. The molecule has 9 heteroatoms. The molecule has 2 aromatic rings. The zero-order valence-corrected chi connectivity index (χ0v) is 17.4. The Morgan fingerprint density at radius 3 is 2.45 bits per heavy atom. The number of benzene rings is 1. The van der Waals surface area contributed by atoms with Crippen LogP contribution in [-0.2, 0) is 11.0 Å². The zero-order chi connectivity index (χ0) is 21.0. The summed E-state index contributed by atoms with van der Waals surface area (Å²) in [6.45, 7) is 4.17. The van der Waals surface area contributed by atoms with Crippen LogP contribution in [0.1, 0.15) is 18.9 Å². The lowest BCUT2D eigenvalue weighted by atomic mass is 10.2. The van der Waals surface area contributed by atoms with Gasteiger partial charge in [-0.1, -0.05) is 11.6 Å². The van der Waals surface area contributed by atoms with Gasteiger partial charge in [-0.15, -0.1) is 11.8 Å². The van der Waals surface area contributed by atoms with E-state index in [2.05, 4.69) is 4.98 Å². The van der Waals surface area contributed by atoms with Gasteiger partial charge < -0.3 is 9.80 Å². The molecule has 1 aromatic carbocycles. The molecule has 156 valence electrons. The quantitative estimate of drug-likeness (QED) is 0.625. The number of nitrogens with zero attached hydrogens (tertiary/aromatic N) is 3. The van der Waals surface area contributed by atoms with Crippen LogP contribution in [0.3, 0.4) is 0 Å². The first kappa shape index (κ1) is 21.8. The van der Waals surface area contributed by atoms with Crippen molar-refractivity contribution in [2.45, 2.75) is 29.7 Å². The van der Waals surface area contributed by atoms with Crippen molar-refractivity contribution in [3.05, 3.63) is 53.2 Å². The van der Waals surface area contributed by atoms with E-state index in [4.69, 9.17) is 11.6 Å². The smallest absolute Gasteiger partial charge is 0.355 e. The minimum absolute atomic E-state index is 0.0483. The normalized spacial score (nSPS) is 16.4. The number of thioether (sulfide) groups is 1. The molecule has 1 amide bonds. The van der Waals surface area contributed by atoms with Crippen LogP contribution in [0, 0.1) is 0 Å². The van der Waals surface area contributed by atoms with Gasteiger partial charge in [-0.3, -0.25) is 4.79 Å². The Kier molecular flexibility index (Phi) is 6.95. The number of pyridine rings is 1. The second-order valence-electron chi connectivity index (χ2n) is 6.78. The Morgan fingerprint density at radius 1 is 1.10 bits per heavy atom. The molecule has 1 aromatic heterocycles.